The standard InChI is InChI=1S/C29H17F3N2O7/c30-29(31,32)19-4-2-5-21(15-19)33-26(35)24-12-7-18(14-25(24)27(33)36)28(37)40-16-17-3-1-6-23(13-17)41-22-10-8-20(9-11-22)34(38)39/h1-15H,16H2. The Morgan fingerprint density at radius 3 is 2.24 bits per heavy atom. The number of ether oxygens (including phenoxy) is 2. The molecule has 0 N–H and O–H groups in total. The number of carbonyl (C=O) groups excluding carboxylic acids is 3. The number of alkyl halides is 3. The average molecular weight is 562 g/mol. The van der Waals surface area contributed by atoms with Gasteiger partial charge in [-0.3, -0.25) is 19.7 Å². The minimum Gasteiger partial charge on any atom is -0.457 e. The van der Waals surface area contributed by atoms with Gasteiger partial charge in [-0.1, -0.05) is 18.2 Å². The molecule has 12 heteroatoms. The number of anilines is 1. The number of benzene rings is 4. The smallest absolute Gasteiger partial charge is 0.416 e. The second-order valence-electron chi connectivity index (χ2n) is 8.83. The van der Waals surface area contributed by atoms with E-state index in [2.05, 4.69) is 0 Å². The van der Waals surface area contributed by atoms with E-state index >= 15 is 0 Å². The number of rotatable bonds is 7. The first-order chi connectivity index (χ1) is 19.5. The molecule has 0 unspecified atom stereocenters. The van der Waals surface area contributed by atoms with Crippen molar-refractivity contribution in [2.24, 2.45) is 0 Å². The van der Waals surface area contributed by atoms with Gasteiger partial charge in [0.2, 0.25) is 0 Å². The van der Waals surface area contributed by atoms with Crippen molar-refractivity contribution in [1.29, 1.82) is 0 Å². The number of nitro benzene ring substituents is 1. The minimum absolute atomic E-state index is 0.0333. The van der Waals surface area contributed by atoms with E-state index in [4.69, 9.17) is 9.47 Å². The van der Waals surface area contributed by atoms with Crippen molar-refractivity contribution in [3.05, 3.63) is 129 Å². The highest BCUT2D eigenvalue weighted by molar-refractivity contribution is 6.34. The number of nitro groups is 1. The minimum atomic E-state index is -4.66. The van der Waals surface area contributed by atoms with Crippen molar-refractivity contribution < 1.29 is 42.0 Å². The molecule has 4 aromatic rings. The van der Waals surface area contributed by atoms with Crippen LogP contribution in [0.1, 0.15) is 42.2 Å². The van der Waals surface area contributed by atoms with Crippen LogP contribution in [0.5, 0.6) is 11.5 Å². The Hall–Kier alpha value is -5.52. The lowest BCUT2D eigenvalue weighted by Gasteiger charge is -2.16. The van der Waals surface area contributed by atoms with Gasteiger partial charge in [0.05, 0.1) is 32.9 Å². The quantitative estimate of drug-likeness (QED) is 0.108. The van der Waals surface area contributed by atoms with Crippen LogP contribution < -0.4 is 9.64 Å². The van der Waals surface area contributed by atoms with Gasteiger partial charge in [-0.05, 0) is 66.2 Å². The number of fused-ring (bicyclic) bond motifs is 1. The van der Waals surface area contributed by atoms with Gasteiger partial charge in [-0.15, -0.1) is 0 Å². The first-order valence-electron chi connectivity index (χ1n) is 11.9. The van der Waals surface area contributed by atoms with Crippen molar-refractivity contribution >= 4 is 29.2 Å². The molecule has 41 heavy (non-hydrogen) atoms. The normalized spacial score (nSPS) is 12.7. The topological polar surface area (TPSA) is 116 Å². The van der Waals surface area contributed by atoms with Crippen LogP contribution in [-0.4, -0.2) is 22.7 Å². The zero-order valence-corrected chi connectivity index (χ0v) is 20.8. The molecule has 0 radical (unpaired) electrons. The van der Waals surface area contributed by atoms with Crippen LogP contribution in [0.4, 0.5) is 24.5 Å². The number of carbonyl (C=O) groups is 3. The van der Waals surface area contributed by atoms with Crippen LogP contribution in [0.2, 0.25) is 0 Å². The van der Waals surface area contributed by atoms with Crippen molar-refractivity contribution in [2.45, 2.75) is 12.8 Å². The van der Waals surface area contributed by atoms with E-state index in [1.54, 1.807) is 24.3 Å². The van der Waals surface area contributed by atoms with Crippen molar-refractivity contribution in [2.75, 3.05) is 4.90 Å². The van der Waals surface area contributed by atoms with E-state index in [9.17, 15) is 37.7 Å². The molecule has 4 aromatic carbocycles. The summed E-state index contributed by atoms with van der Waals surface area (Å²) in [7, 11) is 0. The van der Waals surface area contributed by atoms with Crippen molar-refractivity contribution in [1.82, 2.24) is 0 Å². The summed E-state index contributed by atoms with van der Waals surface area (Å²) >= 11 is 0. The molecule has 0 atom stereocenters. The number of halogens is 3. The van der Waals surface area contributed by atoms with Gasteiger partial charge in [0.15, 0.2) is 0 Å². The summed E-state index contributed by atoms with van der Waals surface area (Å²) in [5.41, 5.74) is -1.02. The largest absolute Gasteiger partial charge is 0.457 e. The second-order valence-corrected chi connectivity index (χ2v) is 8.83. The lowest BCUT2D eigenvalue weighted by atomic mass is 10.1. The highest BCUT2D eigenvalue weighted by atomic mass is 19.4. The third-order valence-corrected chi connectivity index (χ3v) is 6.11. The fourth-order valence-electron chi connectivity index (χ4n) is 4.13. The molecule has 0 bridgehead atoms. The van der Waals surface area contributed by atoms with Gasteiger partial charge in [0.1, 0.15) is 18.1 Å². The molecule has 0 spiro atoms. The molecular weight excluding hydrogens is 545 g/mol. The maximum atomic E-state index is 13.1. The van der Waals surface area contributed by atoms with Crippen LogP contribution in [0.15, 0.2) is 91.0 Å². The Balaban J connectivity index is 1.27. The highest BCUT2D eigenvalue weighted by Gasteiger charge is 2.39. The molecule has 0 saturated carbocycles. The summed E-state index contributed by atoms with van der Waals surface area (Å²) in [6.07, 6.45) is -4.66. The molecule has 2 amide bonds. The lowest BCUT2D eigenvalue weighted by molar-refractivity contribution is -0.384. The van der Waals surface area contributed by atoms with Crippen molar-refractivity contribution in [3.8, 4) is 11.5 Å². The SMILES string of the molecule is O=C(OCc1cccc(Oc2ccc([N+](=O)[O-])cc2)c1)c1ccc2c(c1)C(=O)N(c1cccc(C(F)(F)F)c1)C2=O. The number of hydrogen-bond donors (Lipinski definition) is 0. The third kappa shape index (κ3) is 5.62. The fraction of sp³-hybridized carbons (Fsp3) is 0.0690. The van der Waals surface area contributed by atoms with Gasteiger partial charge in [0.25, 0.3) is 17.5 Å². The average Bonchev–Trinajstić information content (AvgIpc) is 3.20. The van der Waals surface area contributed by atoms with Gasteiger partial charge in [-0.25, -0.2) is 9.69 Å². The molecular formula is C29H17F3N2O7. The Labute approximate surface area is 229 Å². The predicted molar refractivity (Wildman–Crippen MR) is 138 cm³/mol. The molecule has 0 aliphatic carbocycles. The monoisotopic (exact) mass is 562 g/mol. The van der Waals surface area contributed by atoms with Gasteiger partial charge in [-0.2, -0.15) is 13.2 Å². The van der Waals surface area contributed by atoms with E-state index in [1.165, 1.54) is 48.5 Å². The summed E-state index contributed by atoms with van der Waals surface area (Å²) in [5.74, 6) is -1.72. The number of nitrogens with zero attached hydrogens (tertiary/aromatic N) is 2. The molecule has 206 valence electrons. The van der Waals surface area contributed by atoms with Crippen molar-refractivity contribution in [3.63, 3.8) is 0 Å². The van der Waals surface area contributed by atoms with E-state index in [0.29, 0.717) is 28.0 Å². The van der Waals surface area contributed by atoms with Gasteiger partial charge in [0, 0.05) is 12.1 Å². The molecule has 1 aliphatic rings. The van der Waals surface area contributed by atoms with Crippen LogP contribution >= 0.6 is 0 Å². The number of esters is 1. The first kappa shape index (κ1) is 27.1. The Morgan fingerprint density at radius 2 is 1.54 bits per heavy atom. The van der Waals surface area contributed by atoms with Crippen LogP contribution in [-0.2, 0) is 17.5 Å². The molecule has 0 saturated heterocycles. The maximum absolute atomic E-state index is 13.1. The van der Waals surface area contributed by atoms with E-state index in [0.717, 1.165) is 12.1 Å². The van der Waals surface area contributed by atoms with E-state index in [-0.39, 0.29) is 34.7 Å². The zero-order chi connectivity index (χ0) is 29.3. The summed E-state index contributed by atoms with van der Waals surface area (Å²) in [4.78, 5) is 49.5. The fourth-order valence-corrected chi connectivity index (χ4v) is 4.13. The Bertz CT molecular complexity index is 1700. The predicted octanol–water partition coefficient (Wildman–Crippen LogP) is 6.56. The zero-order valence-electron chi connectivity index (χ0n) is 20.8. The number of hydrogen-bond acceptors (Lipinski definition) is 7. The Morgan fingerprint density at radius 1 is 0.829 bits per heavy atom. The van der Waals surface area contributed by atoms with Crippen LogP contribution in [0, 0.1) is 10.1 Å². The molecule has 0 aromatic heterocycles. The summed E-state index contributed by atoms with van der Waals surface area (Å²) in [6.45, 7) is -0.170. The molecule has 0 fully saturated rings. The Kier molecular flexibility index (Phi) is 6.97. The van der Waals surface area contributed by atoms with Gasteiger partial charge >= 0.3 is 12.1 Å². The van der Waals surface area contributed by atoms with E-state index < -0.39 is 34.4 Å². The van der Waals surface area contributed by atoms with Crippen LogP contribution in [0.3, 0.4) is 0 Å². The molecule has 5 rings (SSSR count). The third-order valence-electron chi connectivity index (χ3n) is 6.11. The lowest BCUT2D eigenvalue weighted by Crippen LogP contribution is -2.29. The molecule has 1 aliphatic heterocycles. The number of non-ortho nitro benzene ring substituents is 1. The number of amides is 2. The maximum Gasteiger partial charge on any atom is 0.416 e. The van der Waals surface area contributed by atoms with Gasteiger partial charge < -0.3 is 9.47 Å². The summed E-state index contributed by atoms with van der Waals surface area (Å²) in [5, 5.41) is 10.8. The summed E-state index contributed by atoms with van der Waals surface area (Å²) in [6, 6.07) is 19.6. The summed E-state index contributed by atoms with van der Waals surface area (Å²) < 4.78 is 50.5. The molecule has 9 nitrogen and oxygen atoms in total. The second kappa shape index (κ2) is 10.6. The number of imide groups is 1. The highest BCUT2D eigenvalue weighted by Crippen LogP contribution is 2.35. The first-order valence-corrected chi connectivity index (χ1v) is 11.9. The van der Waals surface area contributed by atoms with Crippen LogP contribution in [0.25, 0.3) is 0 Å². The van der Waals surface area contributed by atoms with E-state index in [1.807, 2.05) is 0 Å². The molecule has 1 heterocycles.